The molecule has 1 aliphatic heterocycles. The molecule has 1 heterocycles. The van der Waals surface area contributed by atoms with Gasteiger partial charge >= 0.3 is 0 Å². The first-order chi connectivity index (χ1) is 10.4. The number of nitrogens with zero attached hydrogens (tertiary/aromatic N) is 2. The van der Waals surface area contributed by atoms with Crippen molar-refractivity contribution in [1.82, 2.24) is 4.90 Å². The van der Waals surface area contributed by atoms with Crippen molar-refractivity contribution in [2.75, 3.05) is 13.1 Å². The van der Waals surface area contributed by atoms with Gasteiger partial charge in [0.25, 0.3) is 0 Å². The van der Waals surface area contributed by atoms with Gasteiger partial charge in [-0.1, -0.05) is 30.3 Å². The Morgan fingerprint density at radius 2 is 1.95 bits per heavy atom. The molecule has 3 atom stereocenters. The fourth-order valence-corrected chi connectivity index (χ4v) is 4.19. The zero-order valence-electron chi connectivity index (χ0n) is 13.8. The molecule has 1 aliphatic carbocycles. The van der Waals surface area contributed by atoms with E-state index >= 15 is 0 Å². The van der Waals surface area contributed by atoms with Crippen molar-refractivity contribution in [3.8, 4) is 0 Å². The summed E-state index contributed by atoms with van der Waals surface area (Å²) in [5.41, 5.74) is 2.58. The molecule has 120 valence electrons. The molecular weight excluding hydrogens is 292 g/mol. The SMILES string of the molecule is CC(C)(C)S(=O)N=C1CC[C@@H]2CN(Cc3ccccc3)C[C@H]12. The van der Waals surface area contributed by atoms with E-state index in [1.807, 2.05) is 20.8 Å². The van der Waals surface area contributed by atoms with Crippen molar-refractivity contribution in [2.45, 2.75) is 44.9 Å². The average molecular weight is 318 g/mol. The summed E-state index contributed by atoms with van der Waals surface area (Å²) in [7, 11) is -1.12. The number of hydrogen-bond acceptors (Lipinski definition) is 2. The molecule has 1 aromatic rings. The van der Waals surface area contributed by atoms with Gasteiger partial charge in [-0.2, -0.15) is 4.40 Å². The summed E-state index contributed by atoms with van der Waals surface area (Å²) < 4.78 is 16.6. The van der Waals surface area contributed by atoms with Gasteiger partial charge in [-0.25, -0.2) is 4.21 Å². The van der Waals surface area contributed by atoms with Crippen LogP contribution >= 0.6 is 0 Å². The second kappa shape index (κ2) is 6.25. The minimum atomic E-state index is -1.12. The Morgan fingerprint density at radius 3 is 2.64 bits per heavy atom. The van der Waals surface area contributed by atoms with Crippen LogP contribution in [0, 0.1) is 11.8 Å². The minimum absolute atomic E-state index is 0.257. The maximum atomic E-state index is 12.3. The zero-order valence-corrected chi connectivity index (χ0v) is 14.6. The predicted octanol–water partition coefficient (Wildman–Crippen LogP) is 3.43. The van der Waals surface area contributed by atoms with Crippen molar-refractivity contribution < 1.29 is 4.21 Å². The van der Waals surface area contributed by atoms with Gasteiger partial charge in [0, 0.05) is 31.3 Å². The first-order valence-corrected chi connectivity index (χ1v) is 9.30. The van der Waals surface area contributed by atoms with Gasteiger partial charge in [0.05, 0.1) is 4.75 Å². The molecule has 0 amide bonds. The molecule has 0 spiro atoms. The van der Waals surface area contributed by atoms with Crippen LogP contribution in [0.1, 0.15) is 39.2 Å². The second-order valence-electron chi connectivity index (χ2n) is 7.53. The summed E-state index contributed by atoms with van der Waals surface area (Å²) in [5.74, 6) is 1.23. The van der Waals surface area contributed by atoms with E-state index in [2.05, 4.69) is 39.6 Å². The van der Waals surface area contributed by atoms with Crippen LogP contribution in [0.4, 0.5) is 0 Å². The number of fused-ring (bicyclic) bond motifs is 1. The largest absolute Gasteiger partial charge is 0.298 e. The highest BCUT2D eigenvalue weighted by molar-refractivity contribution is 7.85. The molecule has 1 aromatic carbocycles. The fourth-order valence-electron chi connectivity index (χ4n) is 3.48. The summed E-state index contributed by atoms with van der Waals surface area (Å²) in [6, 6.07) is 10.7. The highest BCUT2D eigenvalue weighted by atomic mass is 32.2. The monoisotopic (exact) mass is 318 g/mol. The topological polar surface area (TPSA) is 32.7 Å². The van der Waals surface area contributed by atoms with Crippen molar-refractivity contribution in [2.24, 2.45) is 16.2 Å². The molecule has 2 fully saturated rings. The number of rotatable bonds is 3. The Morgan fingerprint density at radius 1 is 1.23 bits per heavy atom. The molecule has 1 unspecified atom stereocenters. The summed E-state index contributed by atoms with van der Waals surface area (Å²) in [6.07, 6.45) is 2.24. The third kappa shape index (κ3) is 3.49. The lowest BCUT2D eigenvalue weighted by Gasteiger charge is -2.18. The van der Waals surface area contributed by atoms with Crippen molar-refractivity contribution in [3.63, 3.8) is 0 Å². The molecule has 4 heteroatoms. The average Bonchev–Trinajstić information content (AvgIpc) is 3.00. The normalized spacial score (nSPS) is 29.0. The molecule has 0 radical (unpaired) electrons. The van der Waals surface area contributed by atoms with E-state index in [0.717, 1.165) is 26.1 Å². The van der Waals surface area contributed by atoms with E-state index < -0.39 is 11.0 Å². The van der Waals surface area contributed by atoms with Crippen LogP contribution in [-0.4, -0.2) is 32.7 Å². The molecule has 1 saturated heterocycles. The van der Waals surface area contributed by atoms with Gasteiger partial charge in [0.15, 0.2) is 0 Å². The molecule has 0 aromatic heterocycles. The summed E-state index contributed by atoms with van der Waals surface area (Å²) in [4.78, 5) is 2.53. The van der Waals surface area contributed by atoms with Crippen LogP contribution in [0.25, 0.3) is 0 Å². The Hall–Kier alpha value is -1.00. The van der Waals surface area contributed by atoms with E-state index in [1.54, 1.807) is 0 Å². The van der Waals surface area contributed by atoms with E-state index in [0.29, 0.717) is 11.8 Å². The molecule has 3 rings (SSSR count). The van der Waals surface area contributed by atoms with Gasteiger partial charge < -0.3 is 0 Å². The Balaban J connectivity index is 1.66. The standard InChI is InChI=1S/C18H26N2OS/c1-18(2,3)22(21)19-17-10-9-15-12-20(13-16(15)17)11-14-7-5-4-6-8-14/h4-8,15-16H,9-13H2,1-3H3/t15-,16+,22?/m1/s1. The quantitative estimate of drug-likeness (QED) is 0.855. The molecule has 3 nitrogen and oxygen atoms in total. The van der Waals surface area contributed by atoms with E-state index in [4.69, 9.17) is 0 Å². The van der Waals surface area contributed by atoms with Crippen LogP contribution in [0.15, 0.2) is 34.7 Å². The highest BCUT2D eigenvalue weighted by Crippen LogP contribution is 2.37. The van der Waals surface area contributed by atoms with Gasteiger partial charge in [0.2, 0.25) is 0 Å². The molecule has 1 saturated carbocycles. The minimum Gasteiger partial charge on any atom is -0.298 e. The maximum absolute atomic E-state index is 12.3. The van der Waals surface area contributed by atoms with Crippen LogP contribution in [0.2, 0.25) is 0 Å². The Bertz CT molecular complexity index is 576. The third-order valence-corrected chi connectivity index (χ3v) is 6.14. The lowest BCUT2D eigenvalue weighted by molar-refractivity contribution is 0.312. The van der Waals surface area contributed by atoms with Crippen LogP contribution in [0.3, 0.4) is 0 Å². The van der Waals surface area contributed by atoms with Gasteiger partial charge in [-0.3, -0.25) is 4.90 Å². The maximum Gasteiger partial charge on any atom is 0.144 e. The number of benzene rings is 1. The molecule has 0 bridgehead atoms. The number of hydrogen-bond donors (Lipinski definition) is 0. The van der Waals surface area contributed by atoms with E-state index in [1.165, 1.54) is 17.7 Å². The smallest absolute Gasteiger partial charge is 0.144 e. The first kappa shape index (κ1) is 15.9. The van der Waals surface area contributed by atoms with Gasteiger partial charge in [0.1, 0.15) is 11.0 Å². The molecular formula is C18H26N2OS. The summed E-state index contributed by atoms with van der Waals surface area (Å²) in [5, 5.41) is 0. The van der Waals surface area contributed by atoms with E-state index in [9.17, 15) is 4.21 Å². The van der Waals surface area contributed by atoms with Crippen LogP contribution < -0.4 is 0 Å². The molecule has 22 heavy (non-hydrogen) atoms. The predicted molar refractivity (Wildman–Crippen MR) is 93.3 cm³/mol. The lowest BCUT2D eigenvalue weighted by Crippen LogP contribution is -2.25. The Kier molecular flexibility index (Phi) is 4.51. The molecule has 2 aliphatic rings. The Labute approximate surface area is 136 Å². The highest BCUT2D eigenvalue weighted by Gasteiger charge is 2.40. The fraction of sp³-hybridized carbons (Fsp3) is 0.611. The van der Waals surface area contributed by atoms with Gasteiger partial charge in [-0.05, 0) is 45.1 Å². The van der Waals surface area contributed by atoms with Crippen molar-refractivity contribution in [1.29, 1.82) is 0 Å². The van der Waals surface area contributed by atoms with Crippen LogP contribution in [0.5, 0.6) is 0 Å². The second-order valence-corrected chi connectivity index (χ2v) is 9.43. The van der Waals surface area contributed by atoms with E-state index in [-0.39, 0.29) is 4.75 Å². The molecule has 0 N–H and O–H groups in total. The van der Waals surface area contributed by atoms with Crippen molar-refractivity contribution in [3.05, 3.63) is 35.9 Å². The lowest BCUT2D eigenvalue weighted by atomic mass is 10.00. The summed E-state index contributed by atoms with van der Waals surface area (Å²) in [6.45, 7) is 9.23. The number of likely N-dealkylation sites (tertiary alicyclic amines) is 1. The van der Waals surface area contributed by atoms with Gasteiger partial charge in [-0.15, -0.1) is 0 Å². The first-order valence-electron chi connectivity index (χ1n) is 8.19. The van der Waals surface area contributed by atoms with Crippen molar-refractivity contribution >= 4 is 16.7 Å². The van der Waals surface area contributed by atoms with Crippen LogP contribution in [-0.2, 0) is 17.5 Å². The zero-order chi connectivity index (χ0) is 15.7. The summed E-state index contributed by atoms with van der Waals surface area (Å²) >= 11 is 0. The third-order valence-electron chi connectivity index (χ3n) is 4.69.